The van der Waals surface area contributed by atoms with Gasteiger partial charge in [0.1, 0.15) is 5.75 Å². The van der Waals surface area contributed by atoms with Crippen LogP contribution in [0.2, 0.25) is 0 Å². The molecule has 0 atom stereocenters. The maximum absolute atomic E-state index is 12.0. The van der Waals surface area contributed by atoms with Crippen LogP contribution < -0.4 is 9.46 Å². The van der Waals surface area contributed by atoms with Crippen molar-refractivity contribution in [2.45, 2.75) is 11.4 Å². The van der Waals surface area contributed by atoms with Crippen LogP contribution in [0.15, 0.2) is 59.5 Å². The number of hydrogen-bond acceptors (Lipinski definition) is 3. The molecule has 0 aliphatic heterocycles. The summed E-state index contributed by atoms with van der Waals surface area (Å²) in [4.78, 5) is 0.262. The average Bonchev–Trinajstić information content (AvgIpc) is 2.46. The normalized spacial score (nSPS) is 11.2. The summed E-state index contributed by atoms with van der Waals surface area (Å²) in [6.45, 7) is 0.231. The van der Waals surface area contributed by atoms with E-state index in [1.807, 2.05) is 18.2 Å². The number of sulfonamides is 1. The molecular weight excluding hydrogens is 262 g/mol. The van der Waals surface area contributed by atoms with Gasteiger partial charge in [0.2, 0.25) is 10.0 Å². The van der Waals surface area contributed by atoms with E-state index in [2.05, 4.69) is 4.72 Å². The second kappa shape index (κ2) is 5.86. The van der Waals surface area contributed by atoms with Crippen LogP contribution in [-0.2, 0) is 16.6 Å². The van der Waals surface area contributed by atoms with Gasteiger partial charge in [-0.25, -0.2) is 13.1 Å². The largest absolute Gasteiger partial charge is 0.497 e. The Hall–Kier alpha value is -1.85. The fourth-order valence-corrected chi connectivity index (χ4v) is 2.68. The Labute approximate surface area is 113 Å². The van der Waals surface area contributed by atoms with E-state index in [-0.39, 0.29) is 11.4 Å². The minimum absolute atomic E-state index is 0.231. The van der Waals surface area contributed by atoms with Gasteiger partial charge in [0.05, 0.1) is 12.0 Å². The summed E-state index contributed by atoms with van der Waals surface area (Å²) < 4.78 is 31.7. The molecule has 0 unspecified atom stereocenters. The molecule has 0 amide bonds. The zero-order valence-electron chi connectivity index (χ0n) is 10.5. The lowest BCUT2D eigenvalue weighted by Crippen LogP contribution is -2.23. The number of ether oxygens (including phenoxy) is 1. The van der Waals surface area contributed by atoms with Crippen LogP contribution in [0.1, 0.15) is 5.56 Å². The Morgan fingerprint density at radius 1 is 1.05 bits per heavy atom. The van der Waals surface area contributed by atoms with Crippen LogP contribution in [0.4, 0.5) is 0 Å². The molecule has 4 nitrogen and oxygen atoms in total. The molecular formula is C14H15NO3S. The zero-order chi connectivity index (χ0) is 13.7. The molecule has 0 aliphatic carbocycles. The summed E-state index contributed by atoms with van der Waals surface area (Å²) in [5.41, 5.74) is 0.846. The van der Waals surface area contributed by atoms with Crippen molar-refractivity contribution in [1.82, 2.24) is 4.72 Å². The van der Waals surface area contributed by atoms with Crippen molar-refractivity contribution in [2.24, 2.45) is 0 Å². The molecule has 2 aromatic carbocycles. The summed E-state index contributed by atoms with van der Waals surface area (Å²) in [6.07, 6.45) is 0. The van der Waals surface area contributed by atoms with Gasteiger partial charge in [-0.1, -0.05) is 30.3 Å². The third-order valence-electron chi connectivity index (χ3n) is 2.65. The molecule has 19 heavy (non-hydrogen) atoms. The predicted molar refractivity (Wildman–Crippen MR) is 73.5 cm³/mol. The van der Waals surface area contributed by atoms with Gasteiger partial charge >= 0.3 is 0 Å². The Kier molecular flexibility index (Phi) is 4.19. The number of hydrogen-bond donors (Lipinski definition) is 1. The van der Waals surface area contributed by atoms with Crippen LogP contribution in [0.3, 0.4) is 0 Å². The van der Waals surface area contributed by atoms with Crippen LogP contribution >= 0.6 is 0 Å². The van der Waals surface area contributed by atoms with E-state index >= 15 is 0 Å². The molecule has 5 heteroatoms. The fraction of sp³-hybridized carbons (Fsp3) is 0.143. The zero-order valence-corrected chi connectivity index (χ0v) is 11.4. The third-order valence-corrected chi connectivity index (χ3v) is 4.07. The summed E-state index contributed by atoms with van der Waals surface area (Å²) in [7, 11) is -1.89. The van der Waals surface area contributed by atoms with Gasteiger partial charge in [0, 0.05) is 6.54 Å². The van der Waals surface area contributed by atoms with Crippen molar-refractivity contribution in [3.63, 3.8) is 0 Å². The molecule has 0 aliphatic rings. The lowest BCUT2D eigenvalue weighted by atomic mass is 10.2. The van der Waals surface area contributed by atoms with Gasteiger partial charge in [-0.15, -0.1) is 0 Å². The van der Waals surface area contributed by atoms with Gasteiger partial charge in [-0.3, -0.25) is 0 Å². The lowest BCUT2D eigenvalue weighted by Gasteiger charge is -2.07. The minimum atomic E-state index is -3.47. The van der Waals surface area contributed by atoms with Crippen molar-refractivity contribution in [3.05, 3.63) is 60.2 Å². The number of methoxy groups -OCH3 is 1. The Bertz CT molecular complexity index is 639. The van der Waals surface area contributed by atoms with Gasteiger partial charge in [0.25, 0.3) is 0 Å². The standard InChI is InChI=1S/C14H15NO3S/c1-18-13-7-5-6-12(10-13)11-15-19(16,17)14-8-3-2-4-9-14/h2-10,15H,11H2,1H3. The van der Waals surface area contributed by atoms with E-state index in [0.717, 1.165) is 5.56 Å². The molecule has 0 radical (unpaired) electrons. The van der Waals surface area contributed by atoms with Gasteiger partial charge < -0.3 is 4.74 Å². The van der Waals surface area contributed by atoms with Gasteiger partial charge in [-0.2, -0.15) is 0 Å². The minimum Gasteiger partial charge on any atom is -0.497 e. The first-order valence-corrected chi connectivity index (χ1v) is 7.28. The third kappa shape index (κ3) is 3.56. The SMILES string of the molecule is COc1cccc(CNS(=O)(=O)c2ccccc2)c1. The van der Waals surface area contributed by atoms with E-state index in [1.54, 1.807) is 43.5 Å². The highest BCUT2D eigenvalue weighted by Gasteiger charge is 2.12. The summed E-state index contributed by atoms with van der Waals surface area (Å²) >= 11 is 0. The molecule has 0 heterocycles. The van der Waals surface area contributed by atoms with Crippen LogP contribution in [-0.4, -0.2) is 15.5 Å². The molecule has 0 aromatic heterocycles. The molecule has 100 valence electrons. The van der Waals surface area contributed by atoms with E-state index in [4.69, 9.17) is 4.74 Å². The van der Waals surface area contributed by atoms with Crippen LogP contribution in [0.5, 0.6) is 5.75 Å². The molecule has 0 saturated heterocycles. The van der Waals surface area contributed by atoms with E-state index in [9.17, 15) is 8.42 Å². The van der Waals surface area contributed by atoms with Crippen molar-refractivity contribution < 1.29 is 13.2 Å². The topological polar surface area (TPSA) is 55.4 Å². The van der Waals surface area contributed by atoms with E-state index in [0.29, 0.717) is 5.75 Å². The fourth-order valence-electron chi connectivity index (χ4n) is 1.64. The summed E-state index contributed by atoms with van der Waals surface area (Å²) in [5, 5.41) is 0. The molecule has 2 aromatic rings. The maximum atomic E-state index is 12.0. The highest BCUT2D eigenvalue weighted by Crippen LogP contribution is 2.13. The number of rotatable bonds is 5. The lowest BCUT2D eigenvalue weighted by molar-refractivity contribution is 0.414. The first-order valence-electron chi connectivity index (χ1n) is 5.79. The first-order chi connectivity index (χ1) is 9.12. The van der Waals surface area contributed by atoms with Crippen molar-refractivity contribution >= 4 is 10.0 Å². The smallest absolute Gasteiger partial charge is 0.240 e. The predicted octanol–water partition coefficient (Wildman–Crippen LogP) is 2.17. The number of nitrogens with one attached hydrogen (secondary N) is 1. The Morgan fingerprint density at radius 3 is 2.47 bits per heavy atom. The monoisotopic (exact) mass is 277 g/mol. The molecule has 1 N–H and O–H groups in total. The molecule has 0 bridgehead atoms. The Morgan fingerprint density at radius 2 is 1.79 bits per heavy atom. The van der Waals surface area contributed by atoms with Gasteiger partial charge in [-0.05, 0) is 29.8 Å². The molecule has 0 saturated carbocycles. The second-order valence-corrected chi connectivity index (χ2v) is 5.76. The Balaban J connectivity index is 2.10. The second-order valence-electron chi connectivity index (χ2n) is 3.99. The highest BCUT2D eigenvalue weighted by atomic mass is 32.2. The first kappa shape index (κ1) is 13.6. The maximum Gasteiger partial charge on any atom is 0.240 e. The van der Waals surface area contributed by atoms with Crippen LogP contribution in [0.25, 0.3) is 0 Å². The van der Waals surface area contributed by atoms with Gasteiger partial charge in [0.15, 0.2) is 0 Å². The quantitative estimate of drug-likeness (QED) is 0.911. The van der Waals surface area contributed by atoms with E-state index in [1.165, 1.54) is 0 Å². The summed E-state index contributed by atoms with van der Waals surface area (Å²) in [5.74, 6) is 0.705. The van der Waals surface area contributed by atoms with E-state index < -0.39 is 10.0 Å². The highest BCUT2D eigenvalue weighted by molar-refractivity contribution is 7.89. The molecule has 2 rings (SSSR count). The molecule has 0 spiro atoms. The van der Waals surface area contributed by atoms with Crippen molar-refractivity contribution in [2.75, 3.05) is 7.11 Å². The summed E-state index contributed by atoms with van der Waals surface area (Å²) in [6, 6.07) is 15.6. The van der Waals surface area contributed by atoms with Crippen molar-refractivity contribution in [3.8, 4) is 5.75 Å². The molecule has 0 fully saturated rings. The van der Waals surface area contributed by atoms with Crippen molar-refractivity contribution in [1.29, 1.82) is 0 Å². The average molecular weight is 277 g/mol. The number of benzene rings is 2. The van der Waals surface area contributed by atoms with Crippen LogP contribution in [0, 0.1) is 0 Å².